The van der Waals surface area contributed by atoms with E-state index in [9.17, 15) is 9.18 Å². The predicted molar refractivity (Wildman–Crippen MR) is 24.7 cm³/mol. The molecular weight excluding hydrogens is 111 g/mol. The van der Waals surface area contributed by atoms with Crippen molar-refractivity contribution in [1.29, 1.82) is 0 Å². The van der Waals surface area contributed by atoms with E-state index in [1.165, 1.54) is 6.26 Å². The van der Waals surface area contributed by atoms with E-state index in [2.05, 4.69) is 4.74 Å². The molecule has 1 atom stereocenters. The summed E-state index contributed by atoms with van der Waals surface area (Å²) in [5, 5.41) is 0. The summed E-state index contributed by atoms with van der Waals surface area (Å²) in [6, 6.07) is -1.39. The molecule has 2 nitrogen and oxygen atoms in total. The highest BCUT2D eigenvalue weighted by Gasteiger charge is 2.19. The van der Waals surface area contributed by atoms with Gasteiger partial charge in [-0.3, -0.25) is 4.79 Å². The molecule has 1 heterocycles. The average Bonchev–Trinajstić information content (AvgIpc) is 2.12. The van der Waals surface area contributed by atoms with Crippen molar-refractivity contribution in [2.24, 2.45) is 0 Å². The van der Waals surface area contributed by atoms with Gasteiger partial charge in [0.15, 0.2) is 6.10 Å². The first-order valence-electron chi connectivity index (χ1n) is 2.30. The van der Waals surface area contributed by atoms with Gasteiger partial charge in [0.2, 0.25) is 0 Å². The molecule has 3 heteroatoms. The fraction of sp³-hybridized carbons (Fsp3) is 0.400. The zero-order valence-corrected chi connectivity index (χ0v) is 4.13. The normalized spacial score (nSPS) is 25.4. The molecule has 0 N–H and O–H groups in total. The molecule has 1 rings (SSSR count). The van der Waals surface area contributed by atoms with E-state index in [4.69, 9.17) is 0 Å². The van der Waals surface area contributed by atoms with Gasteiger partial charge in [0.05, 0.1) is 6.26 Å². The summed E-state index contributed by atoms with van der Waals surface area (Å²) in [5.74, 6) is 0. The van der Waals surface area contributed by atoms with Crippen LogP contribution in [0.3, 0.4) is 0 Å². The van der Waals surface area contributed by atoms with E-state index in [1.807, 2.05) is 0 Å². The van der Waals surface area contributed by atoms with Crippen molar-refractivity contribution < 1.29 is 13.9 Å². The Morgan fingerprint density at radius 3 is 2.88 bits per heavy atom. The van der Waals surface area contributed by atoms with Crippen molar-refractivity contribution in [3.05, 3.63) is 12.3 Å². The van der Waals surface area contributed by atoms with Gasteiger partial charge >= 0.3 is 6.04 Å². The number of hydrogen-bond donors (Lipinski definition) is 0. The number of carbonyl (C=O) groups excluding carboxylic acids is 1. The van der Waals surface area contributed by atoms with Gasteiger partial charge in [-0.05, 0) is 6.08 Å². The van der Waals surface area contributed by atoms with Gasteiger partial charge in [0.25, 0.3) is 0 Å². The number of halogens is 1. The highest BCUT2D eigenvalue weighted by atomic mass is 19.1. The van der Waals surface area contributed by atoms with Crippen molar-refractivity contribution in [2.75, 3.05) is 0 Å². The Balaban J connectivity index is 2.41. The summed E-state index contributed by atoms with van der Waals surface area (Å²) in [6.45, 7) is 0. The molecule has 0 spiro atoms. The summed E-state index contributed by atoms with van der Waals surface area (Å²) in [6.07, 6.45) is 2.47. The lowest BCUT2D eigenvalue weighted by Gasteiger charge is -1.99. The minimum atomic E-state index is -1.39. The number of ether oxygens (including phenoxy) is 1. The zero-order valence-electron chi connectivity index (χ0n) is 4.13. The third kappa shape index (κ3) is 0.857. The first-order valence-corrected chi connectivity index (χ1v) is 2.30. The molecule has 8 heavy (non-hydrogen) atoms. The lowest BCUT2D eigenvalue weighted by Crippen LogP contribution is -2.13. The van der Waals surface area contributed by atoms with E-state index in [0.29, 0.717) is 6.42 Å². The van der Waals surface area contributed by atoms with Gasteiger partial charge in [-0.15, -0.1) is 0 Å². The third-order valence-electron chi connectivity index (χ3n) is 0.942. The number of rotatable bonds is 1. The molecule has 0 aromatic rings. The van der Waals surface area contributed by atoms with Crippen molar-refractivity contribution in [2.45, 2.75) is 12.5 Å². The van der Waals surface area contributed by atoms with Crippen molar-refractivity contribution in [3.63, 3.8) is 0 Å². The van der Waals surface area contributed by atoms with E-state index in [0.717, 1.165) is 0 Å². The Kier molecular flexibility index (Phi) is 1.28. The molecule has 0 bridgehead atoms. The Bertz CT molecular complexity index is 122. The maximum absolute atomic E-state index is 11.6. The standard InChI is InChI=1S/C5H5FO2/c6-5(7)4-2-1-3-8-4/h1,3-4H,2H2. The Hall–Kier alpha value is -0.860. The fourth-order valence-electron chi connectivity index (χ4n) is 0.531. The first kappa shape index (κ1) is 5.28. The van der Waals surface area contributed by atoms with Crippen LogP contribution in [0, 0.1) is 0 Å². The topological polar surface area (TPSA) is 26.3 Å². The van der Waals surface area contributed by atoms with Crippen LogP contribution < -0.4 is 0 Å². The molecular formula is C5H5FO2. The Morgan fingerprint density at radius 1 is 1.88 bits per heavy atom. The predicted octanol–water partition coefficient (Wildman–Crippen LogP) is 0.785. The van der Waals surface area contributed by atoms with Crippen LogP contribution in [0.25, 0.3) is 0 Å². The van der Waals surface area contributed by atoms with E-state index in [1.54, 1.807) is 6.08 Å². The van der Waals surface area contributed by atoms with Gasteiger partial charge in [-0.25, -0.2) is 0 Å². The van der Waals surface area contributed by atoms with Crippen LogP contribution in [0.5, 0.6) is 0 Å². The summed E-state index contributed by atoms with van der Waals surface area (Å²) in [4.78, 5) is 9.81. The second-order valence-corrected chi connectivity index (χ2v) is 1.54. The largest absolute Gasteiger partial charge is 0.487 e. The van der Waals surface area contributed by atoms with Crippen LogP contribution >= 0.6 is 0 Å². The van der Waals surface area contributed by atoms with Crippen LogP contribution in [0.15, 0.2) is 12.3 Å². The van der Waals surface area contributed by atoms with E-state index < -0.39 is 12.1 Å². The molecule has 0 saturated heterocycles. The van der Waals surface area contributed by atoms with E-state index >= 15 is 0 Å². The summed E-state index contributed by atoms with van der Waals surface area (Å²) < 4.78 is 16.1. The maximum atomic E-state index is 11.6. The minimum absolute atomic E-state index is 0.370. The van der Waals surface area contributed by atoms with Crippen LogP contribution in [-0.2, 0) is 9.53 Å². The second-order valence-electron chi connectivity index (χ2n) is 1.54. The molecule has 0 aromatic heterocycles. The van der Waals surface area contributed by atoms with Crippen LogP contribution in [0.4, 0.5) is 4.39 Å². The zero-order chi connectivity index (χ0) is 5.98. The Morgan fingerprint density at radius 2 is 2.62 bits per heavy atom. The quantitative estimate of drug-likeness (QED) is 0.473. The number of hydrogen-bond acceptors (Lipinski definition) is 2. The SMILES string of the molecule is O=C(F)C1CC=CO1. The highest BCUT2D eigenvalue weighted by molar-refractivity contribution is 5.73. The molecule has 1 unspecified atom stereocenters. The van der Waals surface area contributed by atoms with Gasteiger partial charge in [0, 0.05) is 6.42 Å². The minimum Gasteiger partial charge on any atom is -0.487 e. The summed E-state index contributed by atoms with van der Waals surface area (Å²) in [7, 11) is 0. The molecule has 0 fully saturated rings. The first-order chi connectivity index (χ1) is 3.80. The molecule has 0 amide bonds. The fourth-order valence-corrected chi connectivity index (χ4v) is 0.531. The van der Waals surface area contributed by atoms with Gasteiger partial charge < -0.3 is 4.74 Å². The third-order valence-corrected chi connectivity index (χ3v) is 0.942. The van der Waals surface area contributed by atoms with Crippen LogP contribution in [0.1, 0.15) is 6.42 Å². The second kappa shape index (κ2) is 1.94. The monoisotopic (exact) mass is 116 g/mol. The average molecular weight is 116 g/mol. The summed E-state index contributed by atoms with van der Waals surface area (Å²) in [5.41, 5.74) is 0. The van der Waals surface area contributed by atoms with E-state index in [-0.39, 0.29) is 0 Å². The number of carbonyl (C=O) groups is 1. The summed E-state index contributed by atoms with van der Waals surface area (Å²) >= 11 is 0. The molecule has 44 valence electrons. The van der Waals surface area contributed by atoms with Gasteiger partial charge in [0.1, 0.15) is 0 Å². The van der Waals surface area contributed by atoms with Crippen LogP contribution in [0.2, 0.25) is 0 Å². The molecule has 0 radical (unpaired) electrons. The maximum Gasteiger partial charge on any atom is 0.341 e. The lowest BCUT2D eigenvalue weighted by molar-refractivity contribution is -0.137. The molecule has 0 aliphatic carbocycles. The molecule has 1 aliphatic heterocycles. The van der Waals surface area contributed by atoms with Crippen molar-refractivity contribution in [1.82, 2.24) is 0 Å². The highest BCUT2D eigenvalue weighted by Crippen LogP contribution is 2.09. The van der Waals surface area contributed by atoms with Crippen LogP contribution in [-0.4, -0.2) is 12.1 Å². The van der Waals surface area contributed by atoms with Crippen molar-refractivity contribution in [3.8, 4) is 0 Å². The Labute approximate surface area is 45.9 Å². The van der Waals surface area contributed by atoms with Crippen molar-refractivity contribution >= 4 is 6.04 Å². The lowest BCUT2D eigenvalue weighted by atomic mass is 10.3. The molecule has 0 saturated carbocycles. The smallest absolute Gasteiger partial charge is 0.341 e. The molecule has 0 aromatic carbocycles. The molecule has 1 aliphatic rings. The van der Waals surface area contributed by atoms with Gasteiger partial charge in [-0.2, -0.15) is 4.39 Å². The van der Waals surface area contributed by atoms with Gasteiger partial charge in [-0.1, -0.05) is 0 Å².